The van der Waals surface area contributed by atoms with Crippen LogP contribution in [0.4, 0.5) is 0 Å². The Morgan fingerprint density at radius 3 is 1.82 bits per heavy atom. The Labute approximate surface area is 207 Å². The first-order chi connectivity index (χ1) is 16.5. The maximum Gasteiger partial charge on any atom is 0.175 e. The average molecular weight is 492 g/mol. The third-order valence-electron chi connectivity index (χ3n) is 6.65. The number of hydrogen-bond donors (Lipinski definition) is 4. The van der Waals surface area contributed by atoms with E-state index in [4.69, 9.17) is 24.7 Å². The van der Waals surface area contributed by atoms with Crippen LogP contribution in [-0.2, 0) is 18.9 Å². The molecule has 0 aromatic rings. The molecule has 0 amide bonds. The smallest absolute Gasteiger partial charge is 0.175 e. The van der Waals surface area contributed by atoms with Gasteiger partial charge in [-0.1, -0.05) is 90.4 Å². The number of unbranched alkanes of at least 4 members (excludes halogenated alkanes) is 13. The van der Waals surface area contributed by atoms with E-state index < -0.39 is 37.3 Å². The summed E-state index contributed by atoms with van der Waals surface area (Å²) in [5.41, 5.74) is 5.88. The highest BCUT2D eigenvalue weighted by Gasteiger charge is 2.43. The van der Waals surface area contributed by atoms with Gasteiger partial charge in [0.05, 0.1) is 25.9 Å². The number of methoxy groups -OCH3 is 1. The first-order valence-electron chi connectivity index (χ1n) is 13.6. The van der Waals surface area contributed by atoms with Gasteiger partial charge in [0.2, 0.25) is 0 Å². The molecule has 34 heavy (non-hydrogen) atoms. The van der Waals surface area contributed by atoms with E-state index in [1.165, 1.54) is 83.5 Å². The second kappa shape index (κ2) is 20.8. The van der Waals surface area contributed by atoms with E-state index in [0.29, 0.717) is 13.2 Å². The molecule has 8 heteroatoms. The maximum absolute atomic E-state index is 10.00. The van der Waals surface area contributed by atoms with Crippen molar-refractivity contribution in [2.24, 2.45) is 5.73 Å². The number of hydrogen-bond acceptors (Lipinski definition) is 8. The topological polar surface area (TPSA) is 124 Å². The van der Waals surface area contributed by atoms with Crippen LogP contribution < -0.4 is 5.73 Å². The van der Waals surface area contributed by atoms with Gasteiger partial charge in [0.25, 0.3) is 0 Å². The van der Waals surface area contributed by atoms with Crippen LogP contribution in [0.3, 0.4) is 0 Å². The summed E-state index contributed by atoms with van der Waals surface area (Å²) in [7, 11) is 1.58. The van der Waals surface area contributed by atoms with Crippen LogP contribution in [0.1, 0.15) is 96.8 Å². The Kier molecular flexibility index (Phi) is 19.4. The zero-order valence-electron chi connectivity index (χ0n) is 21.7. The highest BCUT2D eigenvalue weighted by Crippen LogP contribution is 2.21. The normalized spacial score (nSPS) is 26.1. The summed E-state index contributed by atoms with van der Waals surface area (Å²) in [4.78, 5) is 0. The Morgan fingerprint density at radius 1 is 0.794 bits per heavy atom. The van der Waals surface area contributed by atoms with E-state index in [0.717, 1.165) is 6.42 Å². The largest absolute Gasteiger partial charge is 0.394 e. The van der Waals surface area contributed by atoms with Crippen LogP contribution in [0.15, 0.2) is 0 Å². The van der Waals surface area contributed by atoms with Gasteiger partial charge in [-0.25, -0.2) is 0 Å². The van der Waals surface area contributed by atoms with Crippen LogP contribution in [0.5, 0.6) is 0 Å². The molecule has 0 aromatic heterocycles. The summed E-state index contributed by atoms with van der Waals surface area (Å²) in [6, 6.07) is -0.910. The van der Waals surface area contributed by atoms with E-state index in [-0.39, 0.29) is 12.7 Å². The second-order valence-electron chi connectivity index (χ2n) is 9.65. The lowest BCUT2D eigenvalue weighted by Crippen LogP contribution is -2.62. The summed E-state index contributed by atoms with van der Waals surface area (Å²) < 4.78 is 22.2. The van der Waals surface area contributed by atoms with Crippen LogP contribution in [0.25, 0.3) is 0 Å². The van der Waals surface area contributed by atoms with Crippen LogP contribution in [-0.4, -0.2) is 85.6 Å². The SMILES string of the molecule is CCCCCCCCCCCCCCCCOCC(CO[C@@H]1O[C@H](CO)[C@H](O)[C@H](O)[C@H]1N)OC. The molecule has 0 spiro atoms. The molecule has 5 N–H and O–H groups in total. The zero-order valence-corrected chi connectivity index (χ0v) is 21.7. The third-order valence-corrected chi connectivity index (χ3v) is 6.65. The Bertz CT molecular complexity index is 455. The predicted octanol–water partition coefficient (Wildman–Crippen LogP) is 3.28. The fraction of sp³-hybridized carbons (Fsp3) is 1.00. The van der Waals surface area contributed by atoms with Gasteiger partial charge in [0.15, 0.2) is 6.29 Å². The van der Waals surface area contributed by atoms with Crippen molar-refractivity contribution in [2.45, 2.75) is 134 Å². The summed E-state index contributed by atoms with van der Waals surface area (Å²) in [5.74, 6) is 0. The molecular formula is C26H53NO7. The van der Waals surface area contributed by atoms with Crippen LogP contribution >= 0.6 is 0 Å². The van der Waals surface area contributed by atoms with Gasteiger partial charge < -0.3 is 40.0 Å². The molecule has 0 saturated carbocycles. The number of ether oxygens (including phenoxy) is 4. The Hall–Kier alpha value is -0.320. The van der Waals surface area contributed by atoms with Crippen molar-refractivity contribution in [1.82, 2.24) is 0 Å². The van der Waals surface area contributed by atoms with Crippen LogP contribution in [0.2, 0.25) is 0 Å². The predicted molar refractivity (Wildman–Crippen MR) is 134 cm³/mol. The fourth-order valence-electron chi connectivity index (χ4n) is 4.25. The van der Waals surface area contributed by atoms with Crippen molar-refractivity contribution in [3.63, 3.8) is 0 Å². The van der Waals surface area contributed by atoms with Gasteiger partial charge in [0, 0.05) is 13.7 Å². The van der Waals surface area contributed by atoms with E-state index in [1.54, 1.807) is 7.11 Å². The standard InChI is InChI=1S/C26H53NO7/c1-3-4-5-6-7-8-9-10-11-12-13-14-15-16-17-32-19-21(31-2)20-33-26-23(27)25(30)24(29)22(18-28)34-26/h21-26,28-30H,3-20,27H2,1-2H3/t21?,22-,23-,24+,25-,26-/m1/s1. The lowest BCUT2D eigenvalue weighted by molar-refractivity contribution is -0.271. The van der Waals surface area contributed by atoms with Gasteiger partial charge in [-0.3, -0.25) is 0 Å². The van der Waals surface area contributed by atoms with Crippen molar-refractivity contribution < 1.29 is 34.3 Å². The number of rotatable bonds is 22. The zero-order chi connectivity index (χ0) is 25.0. The molecule has 1 saturated heterocycles. The van der Waals surface area contributed by atoms with Crippen molar-refractivity contribution in [2.75, 3.05) is 33.5 Å². The lowest BCUT2D eigenvalue weighted by Gasteiger charge is -2.40. The molecule has 8 nitrogen and oxygen atoms in total. The molecule has 1 aliphatic rings. The van der Waals surface area contributed by atoms with E-state index in [9.17, 15) is 15.3 Å². The summed E-state index contributed by atoms with van der Waals surface area (Å²) in [6.07, 6.45) is 14.0. The molecule has 1 unspecified atom stereocenters. The third kappa shape index (κ3) is 13.7. The van der Waals surface area contributed by atoms with Crippen molar-refractivity contribution in [3.05, 3.63) is 0 Å². The van der Waals surface area contributed by atoms with Crippen molar-refractivity contribution >= 4 is 0 Å². The number of aliphatic hydroxyl groups excluding tert-OH is 3. The number of nitrogens with two attached hydrogens (primary N) is 1. The first kappa shape index (κ1) is 31.7. The van der Waals surface area contributed by atoms with Gasteiger partial charge in [0.1, 0.15) is 24.4 Å². The minimum atomic E-state index is -1.24. The van der Waals surface area contributed by atoms with Gasteiger partial charge in [-0.15, -0.1) is 0 Å². The van der Waals surface area contributed by atoms with Gasteiger partial charge in [-0.2, -0.15) is 0 Å². The second-order valence-corrected chi connectivity index (χ2v) is 9.65. The van der Waals surface area contributed by atoms with Crippen molar-refractivity contribution in [1.29, 1.82) is 0 Å². The molecule has 0 aliphatic carbocycles. The molecule has 1 rings (SSSR count). The van der Waals surface area contributed by atoms with E-state index in [1.807, 2.05) is 0 Å². The molecular weight excluding hydrogens is 438 g/mol. The molecule has 0 aromatic carbocycles. The lowest BCUT2D eigenvalue weighted by atomic mass is 9.98. The van der Waals surface area contributed by atoms with Crippen LogP contribution in [0, 0.1) is 0 Å². The average Bonchev–Trinajstić information content (AvgIpc) is 2.85. The minimum Gasteiger partial charge on any atom is -0.394 e. The fourth-order valence-corrected chi connectivity index (χ4v) is 4.25. The highest BCUT2D eigenvalue weighted by atomic mass is 16.7. The molecule has 204 valence electrons. The Morgan fingerprint density at radius 2 is 1.32 bits per heavy atom. The quantitative estimate of drug-likeness (QED) is 0.170. The summed E-state index contributed by atoms with van der Waals surface area (Å²) >= 11 is 0. The maximum atomic E-state index is 10.00. The molecule has 6 atom stereocenters. The number of aliphatic hydroxyl groups is 3. The summed E-state index contributed by atoms with van der Waals surface area (Å²) in [5, 5.41) is 29.1. The van der Waals surface area contributed by atoms with E-state index in [2.05, 4.69) is 6.92 Å². The molecule has 0 bridgehead atoms. The minimum absolute atomic E-state index is 0.175. The highest BCUT2D eigenvalue weighted by molar-refractivity contribution is 4.91. The first-order valence-corrected chi connectivity index (χ1v) is 13.6. The van der Waals surface area contributed by atoms with Crippen molar-refractivity contribution in [3.8, 4) is 0 Å². The van der Waals surface area contributed by atoms with E-state index >= 15 is 0 Å². The van der Waals surface area contributed by atoms with Gasteiger partial charge in [-0.05, 0) is 6.42 Å². The molecule has 1 aliphatic heterocycles. The molecule has 1 fully saturated rings. The monoisotopic (exact) mass is 491 g/mol. The van der Waals surface area contributed by atoms with Gasteiger partial charge >= 0.3 is 0 Å². The summed E-state index contributed by atoms with van der Waals surface area (Å²) in [6.45, 7) is 3.10. The molecule has 1 heterocycles. The Balaban J connectivity index is 1.97. The molecule has 0 radical (unpaired) electrons.